The minimum absolute atomic E-state index is 0.601. The zero-order valence-corrected chi connectivity index (χ0v) is 15.1. The van der Waals surface area contributed by atoms with Crippen molar-refractivity contribution in [1.82, 2.24) is 0 Å². The van der Waals surface area contributed by atoms with Gasteiger partial charge in [0.15, 0.2) is 0 Å². The van der Waals surface area contributed by atoms with Gasteiger partial charge in [-0.05, 0) is 65.1 Å². The zero-order valence-electron chi connectivity index (χ0n) is 15.1. The Bertz CT molecular complexity index is 619. The van der Waals surface area contributed by atoms with Crippen LogP contribution in [-0.2, 0) is 12.8 Å². The third kappa shape index (κ3) is 3.91. The van der Waals surface area contributed by atoms with Crippen molar-refractivity contribution in [3.05, 3.63) is 46.5 Å². The summed E-state index contributed by atoms with van der Waals surface area (Å²) >= 11 is 0. The van der Waals surface area contributed by atoms with Crippen LogP contribution in [0.3, 0.4) is 0 Å². The van der Waals surface area contributed by atoms with Crippen molar-refractivity contribution in [3.8, 4) is 0 Å². The van der Waals surface area contributed by atoms with E-state index in [4.69, 9.17) is 0 Å². The van der Waals surface area contributed by atoms with Crippen molar-refractivity contribution in [3.63, 3.8) is 0 Å². The van der Waals surface area contributed by atoms with E-state index in [0.717, 1.165) is 6.42 Å². The molecule has 0 atom stereocenters. The first-order valence-corrected chi connectivity index (χ1v) is 9.12. The van der Waals surface area contributed by atoms with E-state index in [-0.39, 0.29) is 0 Å². The average Bonchev–Trinajstić information content (AvgIpc) is 2.50. The van der Waals surface area contributed by atoms with E-state index in [0.29, 0.717) is 5.92 Å². The van der Waals surface area contributed by atoms with E-state index in [9.17, 15) is 0 Å². The van der Waals surface area contributed by atoms with Gasteiger partial charge in [0.1, 0.15) is 0 Å². The minimum Gasteiger partial charge on any atom is -0.0654 e. The Morgan fingerprint density at radius 2 is 1.68 bits per heavy atom. The summed E-state index contributed by atoms with van der Waals surface area (Å²) in [6, 6.07) is 9.68. The fraction of sp³-hybridized carbons (Fsp3) is 0.545. The quantitative estimate of drug-likeness (QED) is 0.484. The zero-order chi connectivity index (χ0) is 16.1. The fourth-order valence-corrected chi connectivity index (χ4v) is 3.42. The molecule has 0 aliphatic carbocycles. The van der Waals surface area contributed by atoms with Crippen LogP contribution in [0.5, 0.6) is 0 Å². The number of unbranched alkanes of at least 4 members (excludes halogenated alkanes) is 3. The highest BCUT2D eigenvalue weighted by atomic mass is 14.1. The molecule has 0 nitrogen and oxygen atoms in total. The molecule has 0 amide bonds. The molecular weight excluding hydrogens is 264 g/mol. The molecule has 0 heteroatoms. The average molecular weight is 296 g/mol. The summed E-state index contributed by atoms with van der Waals surface area (Å²) in [5.41, 5.74) is 5.97. The van der Waals surface area contributed by atoms with Crippen molar-refractivity contribution in [2.24, 2.45) is 0 Å². The van der Waals surface area contributed by atoms with Gasteiger partial charge >= 0.3 is 0 Å². The van der Waals surface area contributed by atoms with Gasteiger partial charge in [0.05, 0.1) is 0 Å². The fourth-order valence-electron chi connectivity index (χ4n) is 3.42. The van der Waals surface area contributed by atoms with Gasteiger partial charge in [-0.25, -0.2) is 0 Å². The molecular formula is C22H32. The summed E-state index contributed by atoms with van der Waals surface area (Å²) < 4.78 is 0. The molecule has 0 unspecified atom stereocenters. The van der Waals surface area contributed by atoms with Gasteiger partial charge in [-0.15, -0.1) is 0 Å². The third-order valence-corrected chi connectivity index (χ3v) is 4.78. The molecule has 0 saturated heterocycles. The molecule has 22 heavy (non-hydrogen) atoms. The molecule has 0 radical (unpaired) electrons. The van der Waals surface area contributed by atoms with Crippen molar-refractivity contribution >= 4 is 10.8 Å². The van der Waals surface area contributed by atoms with Crippen LogP contribution in [-0.4, -0.2) is 0 Å². The number of benzene rings is 2. The number of hydrogen-bond donors (Lipinski definition) is 0. The second-order valence-corrected chi connectivity index (χ2v) is 7.01. The maximum atomic E-state index is 2.47. The second kappa shape index (κ2) is 7.81. The topological polar surface area (TPSA) is 0 Å². The SMILES string of the molecule is CCCCCCc1cc(C(C)C)cc2cc(CC)cc(C)c12. The van der Waals surface area contributed by atoms with Gasteiger partial charge in [-0.3, -0.25) is 0 Å². The summed E-state index contributed by atoms with van der Waals surface area (Å²) in [5, 5.41) is 2.96. The van der Waals surface area contributed by atoms with Crippen LogP contribution in [0, 0.1) is 6.92 Å². The molecule has 0 aliphatic rings. The van der Waals surface area contributed by atoms with Crippen molar-refractivity contribution in [1.29, 1.82) is 0 Å². The second-order valence-electron chi connectivity index (χ2n) is 7.01. The van der Waals surface area contributed by atoms with Crippen molar-refractivity contribution in [2.45, 2.75) is 79.1 Å². The largest absolute Gasteiger partial charge is 0.0654 e. The van der Waals surface area contributed by atoms with Gasteiger partial charge in [0, 0.05) is 0 Å². The van der Waals surface area contributed by atoms with Gasteiger partial charge < -0.3 is 0 Å². The lowest BCUT2D eigenvalue weighted by Crippen LogP contribution is -1.97. The molecule has 2 aromatic rings. The van der Waals surface area contributed by atoms with E-state index in [1.807, 2.05) is 0 Å². The van der Waals surface area contributed by atoms with Gasteiger partial charge in [-0.2, -0.15) is 0 Å². The summed E-state index contributed by atoms with van der Waals surface area (Å²) in [6.07, 6.45) is 7.69. The first kappa shape index (κ1) is 17.1. The predicted octanol–water partition coefficient (Wildman–Crippen LogP) is 6.96. The molecule has 0 aliphatic heterocycles. The molecule has 0 fully saturated rings. The maximum absolute atomic E-state index is 2.47. The molecule has 2 aromatic carbocycles. The lowest BCUT2D eigenvalue weighted by Gasteiger charge is -2.16. The van der Waals surface area contributed by atoms with Gasteiger partial charge in [0.25, 0.3) is 0 Å². The minimum atomic E-state index is 0.601. The van der Waals surface area contributed by atoms with E-state index >= 15 is 0 Å². The van der Waals surface area contributed by atoms with Crippen LogP contribution in [0.4, 0.5) is 0 Å². The van der Waals surface area contributed by atoms with E-state index in [1.54, 1.807) is 5.56 Å². The number of fused-ring (bicyclic) bond motifs is 1. The van der Waals surface area contributed by atoms with E-state index in [2.05, 4.69) is 58.9 Å². The maximum Gasteiger partial charge on any atom is -0.0122 e. The van der Waals surface area contributed by atoms with Crippen LogP contribution < -0.4 is 0 Å². The van der Waals surface area contributed by atoms with Crippen LogP contribution in [0.1, 0.15) is 81.5 Å². The Labute approximate surface area is 136 Å². The number of aryl methyl sites for hydroxylation is 3. The van der Waals surface area contributed by atoms with Crippen LogP contribution >= 0.6 is 0 Å². The smallest absolute Gasteiger partial charge is 0.0122 e. The standard InChI is InChI=1S/C22H32/c1-6-8-9-10-11-19-14-20(16(3)4)15-21-13-18(7-2)12-17(5)22(19)21/h12-16H,6-11H2,1-5H3. The van der Waals surface area contributed by atoms with Crippen LogP contribution in [0.2, 0.25) is 0 Å². The van der Waals surface area contributed by atoms with E-state index in [1.165, 1.54) is 59.6 Å². The third-order valence-electron chi connectivity index (χ3n) is 4.78. The molecule has 0 spiro atoms. The first-order valence-electron chi connectivity index (χ1n) is 9.12. The first-order chi connectivity index (χ1) is 10.6. The van der Waals surface area contributed by atoms with E-state index < -0.39 is 0 Å². The van der Waals surface area contributed by atoms with Gasteiger partial charge in [0.2, 0.25) is 0 Å². The molecule has 0 heterocycles. The summed E-state index contributed by atoms with van der Waals surface area (Å²) in [4.78, 5) is 0. The normalized spacial score (nSPS) is 11.5. The highest BCUT2D eigenvalue weighted by molar-refractivity contribution is 5.90. The lowest BCUT2D eigenvalue weighted by atomic mass is 9.89. The van der Waals surface area contributed by atoms with Gasteiger partial charge in [-0.1, -0.05) is 71.2 Å². The summed E-state index contributed by atoms with van der Waals surface area (Å²) in [6.45, 7) is 11.4. The molecule has 2 rings (SSSR count). The highest BCUT2D eigenvalue weighted by Gasteiger charge is 2.10. The van der Waals surface area contributed by atoms with Crippen molar-refractivity contribution < 1.29 is 0 Å². The molecule has 0 saturated carbocycles. The Hall–Kier alpha value is -1.30. The summed E-state index contributed by atoms with van der Waals surface area (Å²) in [5.74, 6) is 0.601. The Kier molecular flexibility index (Phi) is 6.06. The molecule has 0 aromatic heterocycles. The Morgan fingerprint density at radius 3 is 2.32 bits per heavy atom. The Balaban J connectivity index is 2.46. The molecule has 0 bridgehead atoms. The number of rotatable bonds is 7. The number of hydrogen-bond acceptors (Lipinski definition) is 0. The molecule has 120 valence electrons. The van der Waals surface area contributed by atoms with Crippen molar-refractivity contribution in [2.75, 3.05) is 0 Å². The van der Waals surface area contributed by atoms with Crippen LogP contribution in [0.15, 0.2) is 24.3 Å². The Morgan fingerprint density at radius 1 is 0.909 bits per heavy atom. The lowest BCUT2D eigenvalue weighted by molar-refractivity contribution is 0.667. The monoisotopic (exact) mass is 296 g/mol. The van der Waals surface area contributed by atoms with Crippen LogP contribution in [0.25, 0.3) is 10.8 Å². The highest BCUT2D eigenvalue weighted by Crippen LogP contribution is 2.30. The predicted molar refractivity (Wildman–Crippen MR) is 100.0 cm³/mol. The summed E-state index contributed by atoms with van der Waals surface area (Å²) in [7, 11) is 0. The molecule has 0 N–H and O–H groups in total.